The minimum Gasteiger partial charge on any atom is -0.478 e. The Balaban J connectivity index is 1.29. The molecule has 2 aromatic rings. The van der Waals surface area contributed by atoms with Gasteiger partial charge in [0, 0.05) is 37.6 Å². The van der Waals surface area contributed by atoms with Gasteiger partial charge in [-0.1, -0.05) is 24.3 Å². The van der Waals surface area contributed by atoms with Gasteiger partial charge < -0.3 is 19.9 Å². The summed E-state index contributed by atoms with van der Waals surface area (Å²) in [6.45, 7) is 8.81. The lowest BCUT2D eigenvalue weighted by Gasteiger charge is -2.37. The number of sulfonamides is 1. The maximum Gasteiger partial charge on any atom is 0.240 e. The number of aromatic nitrogens is 1. The van der Waals surface area contributed by atoms with Crippen LogP contribution in [0, 0.1) is 6.92 Å². The highest BCUT2D eigenvalue weighted by atomic mass is 32.2. The topological polar surface area (TPSA) is 121 Å². The number of rotatable bonds is 7. The molecule has 9 nitrogen and oxygen atoms in total. The number of pyridine rings is 1. The SMILES string of the molecule is CCOc1cccc(-c2ccc(C3CCN(S(=O)(=O)C4(C(N)=O)CC5OC(C)(C)OC5C4)CC3)cc2C)n1. The van der Waals surface area contributed by atoms with Crippen molar-refractivity contribution in [3.8, 4) is 17.1 Å². The van der Waals surface area contributed by atoms with Crippen molar-refractivity contribution in [1.29, 1.82) is 0 Å². The first-order valence-corrected chi connectivity index (χ1v) is 14.8. The second kappa shape index (κ2) is 9.89. The number of nitrogens with two attached hydrogens (primary N) is 1. The zero-order valence-corrected chi connectivity index (χ0v) is 23.3. The van der Waals surface area contributed by atoms with E-state index in [0.29, 0.717) is 38.4 Å². The van der Waals surface area contributed by atoms with Gasteiger partial charge in [-0.05, 0) is 63.6 Å². The highest BCUT2D eigenvalue weighted by Gasteiger charge is 2.64. The molecule has 1 saturated carbocycles. The fourth-order valence-corrected chi connectivity index (χ4v) is 8.41. The first kappa shape index (κ1) is 27.1. The number of ether oxygens (including phenoxy) is 3. The Labute approximate surface area is 224 Å². The third-order valence-corrected chi connectivity index (χ3v) is 10.7. The first-order valence-electron chi connectivity index (χ1n) is 13.3. The van der Waals surface area contributed by atoms with E-state index in [9.17, 15) is 13.2 Å². The summed E-state index contributed by atoms with van der Waals surface area (Å²) in [6, 6.07) is 12.1. The predicted molar refractivity (Wildman–Crippen MR) is 143 cm³/mol. The van der Waals surface area contributed by atoms with Crippen molar-refractivity contribution in [2.45, 2.75) is 82.0 Å². The molecule has 2 saturated heterocycles. The number of carbonyl (C=O) groups is 1. The zero-order chi connectivity index (χ0) is 27.3. The van der Waals surface area contributed by atoms with Crippen LogP contribution in [0.1, 0.15) is 63.5 Å². The number of fused-ring (bicyclic) bond motifs is 1. The van der Waals surface area contributed by atoms with Gasteiger partial charge >= 0.3 is 0 Å². The Morgan fingerprint density at radius 2 is 1.79 bits per heavy atom. The molecule has 206 valence electrons. The summed E-state index contributed by atoms with van der Waals surface area (Å²) >= 11 is 0. The van der Waals surface area contributed by atoms with E-state index in [-0.39, 0.29) is 18.8 Å². The Bertz CT molecular complexity index is 1300. The molecular formula is C28H37N3O6S. The van der Waals surface area contributed by atoms with Crippen LogP contribution < -0.4 is 10.5 Å². The largest absolute Gasteiger partial charge is 0.478 e. The van der Waals surface area contributed by atoms with Crippen LogP contribution in [0.4, 0.5) is 0 Å². The lowest BCUT2D eigenvalue weighted by atomic mass is 9.88. The van der Waals surface area contributed by atoms with E-state index in [0.717, 1.165) is 16.8 Å². The molecule has 3 aliphatic rings. The number of carbonyl (C=O) groups excluding carboxylic acids is 1. The quantitative estimate of drug-likeness (QED) is 0.567. The van der Waals surface area contributed by atoms with Gasteiger partial charge in [-0.15, -0.1) is 0 Å². The Hall–Kier alpha value is -2.53. The lowest BCUT2D eigenvalue weighted by molar-refractivity contribution is -0.155. The summed E-state index contributed by atoms with van der Waals surface area (Å²) < 4.78 is 44.7. The van der Waals surface area contributed by atoms with Crippen LogP contribution in [0.25, 0.3) is 11.3 Å². The second-order valence-electron chi connectivity index (χ2n) is 11.0. The first-order chi connectivity index (χ1) is 18.0. The molecule has 1 aliphatic carbocycles. The van der Waals surface area contributed by atoms with Gasteiger partial charge in [-0.25, -0.2) is 17.7 Å². The summed E-state index contributed by atoms with van der Waals surface area (Å²) in [5, 5.41) is 0. The van der Waals surface area contributed by atoms with Gasteiger partial charge in [0.1, 0.15) is 0 Å². The van der Waals surface area contributed by atoms with Crippen LogP contribution in [0.2, 0.25) is 0 Å². The van der Waals surface area contributed by atoms with Gasteiger partial charge in [-0.2, -0.15) is 0 Å². The van der Waals surface area contributed by atoms with Crippen LogP contribution in [-0.4, -0.2) is 66.1 Å². The molecule has 5 rings (SSSR count). The molecule has 1 amide bonds. The standard InChI is InChI=1S/C28H37N3O6S/c1-5-35-25-8-6-7-22(30-25)21-10-9-20(15-18(21)2)19-11-13-31(14-12-19)38(33,34)28(26(29)32)16-23-24(17-28)37-27(3,4)36-23/h6-10,15,19,23-24H,5,11-14,16-17H2,1-4H3,(H2,29,32). The molecule has 3 fully saturated rings. The molecular weight excluding hydrogens is 506 g/mol. The minimum atomic E-state index is -3.99. The summed E-state index contributed by atoms with van der Waals surface area (Å²) in [5.41, 5.74) is 9.93. The average Bonchev–Trinajstić information content (AvgIpc) is 3.36. The number of amides is 1. The summed E-state index contributed by atoms with van der Waals surface area (Å²) in [6.07, 6.45) is 0.454. The third kappa shape index (κ3) is 4.72. The molecule has 0 spiro atoms. The number of benzene rings is 1. The summed E-state index contributed by atoms with van der Waals surface area (Å²) in [5.74, 6) is -0.801. The smallest absolute Gasteiger partial charge is 0.240 e. The van der Waals surface area contributed by atoms with E-state index >= 15 is 0 Å². The Morgan fingerprint density at radius 3 is 2.37 bits per heavy atom. The van der Waals surface area contributed by atoms with E-state index in [1.807, 2.05) is 25.1 Å². The monoisotopic (exact) mass is 543 g/mol. The third-order valence-electron chi connectivity index (χ3n) is 8.10. The van der Waals surface area contributed by atoms with E-state index in [1.54, 1.807) is 13.8 Å². The zero-order valence-electron chi connectivity index (χ0n) is 22.5. The molecule has 2 aliphatic heterocycles. The average molecular weight is 544 g/mol. The molecule has 0 bridgehead atoms. The molecule has 38 heavy (non-hydrogen) atoms. The molecule has 1 aromatic carbocycles. The number of hydrogen-bond donors (Lipinski definition) is 1. The lowest BCUT2D eigenvalue weighted by Crippen LogP contribution is -2.57. The van der Waals surface area contributed by atoms with Gasteiger partial charge in [0.2, 0.25) is 21.8 Å². The fraction of sp³-hybridized carbons (Fsp3) is 0.571. The van der Waals surface area contributed by atoms with Crippen molar-refractivity contribution >= 4 is 15.9 Å². The van der Waals surface area contributed by atoms with E-state index in [2.05, 4.69) is 30.1 Å². The van der Waals surface area contributed by atoms with Crippen molar-refractivity contribution in [2.24, 2.45) is 5.73 Å². The number of piperidine rings is 1. The minimum absolute atomic E-state index is 0.0257. The maximum absolute atomic E-state index is 13.8. The van der Waals surface area contributed by atoms with E-state index in [4.69, 9.17) is 19.9 Å². The van der Waals surface area contributed by atoms with Crippen LogP contribution in [-0.2, 0) is 24.3 Å². The van der Waals surface area contributed by atoms with Crippen LogP contribution in [0.5, 0.6) is 5.88 Å². The predicted octanol–water partition coefficient (Wildman–Crippen LogP) is 3.50. The number of primary amides is 1. The molecule has 3 heterocycles. The van der Waals surface area contributed by atoms with Crippen molar-refractivity contribution in [3.63, 3.8) is 0 Å². The highest BCUT2D eigenvalue weighted by Crippen LogP contribution is 2.48. The van der Waals surface area contributed by atoms with E-state index in [1.165, 1.54) is 9.87 Å². The molecule has 2 unspecified atom stereocenters. The fourth-order valence-electron chi connectivity index (χ4n) is 6.23. The molecule has 1 aromatic heterocycles. The summed E-state index contributed by atoms with van der Waals surface area (Å²) in [4.78, 5) is 17.2. The van der Waals surface area contributed by atoms with Crippen molar-refractivity contribution in [3.05, 3.63) is 47.5 Å². The number of hydrogen-bond acceptors (Lipinski definition) is 7. The van der Waals surface area contributed by atoms with Crippen LogP contribution in [0.3, 0.4) is 0 Å². The number of nitrogens with zero attached hydrogens (tertiary/aromatic N) is 2. The van der Waals surface area contributed by atoms with Gasteiger partial charge in [0.05, 0.1) is 24.5 Å². The molecule has 2 N–H and O–H groups in total. The second-order valence-corrected chi connectivity index (χ2v) is 13.3. The maximum atomic E-state index is 13.8. The van der Waals surface area contributed by atoms with Crippen LogP contribution >= 0.6 is 0 Å². The van der Waals surface area contributed by atoms with Gasteiger partial charge in [0.15, 0.2) is 10.5 Å². The van der Waals surface area contributed by atoms with Crippen molar-refractivity contribution < 1.29 is 27.4 Å². The molecule has 2 atom stereocenters. The molecule has 0 radical (unpaired) electrons. The highest BCUT2D eigenvalue weighted by molar-refractivity contribution is 7.91. The van der Waals surface area contributed by atoms with Crippen LogP contribution in [0.15, 0.2) is 36.4 Å². The summed E-state index contributed by atoms with van der Waals surface area (Å²) in [7, 11) is -3.99. The van der Waals surface area contributed by atoms with Crippen molar-refractivity contribution in [1.82, 2.24) is 9.29 Å². The normalized spacial score (nSPS) is 27.8. The van der Waals surface area contributed by atoms with Gasteiger partial charge in [-0.3, -0.25) is 4.79 Å². The van der Waals surface area contributed by atoms with Crippen molar-refractivity contribution in [2.75, 3.05) is 19.7 Å². The Morgan fingerprint density at radius 1 is 1.13 bits per heavy atom. The molecule has 10 heteroatoms. The van der Waals surface area contributed by atoms with Gasteiger partial charge in [0.25, 0.3) is 0 Å². The Kier molecular flexibility index (Phi) is 7.04. The van der Waals surface area contributed by atoms with E-state index < -0.39 is 38.7 Å². The number of aryl methyl sites for hydroxylation is 1.